The molecule has 10 heteroatoms. The van der Waals surface area contributed by atoms with E-state index in [0.29, 0.717) is 39.9 Å². The molecule has 9 nitrogen and oxygen atoms in total. The summed E-state index contributed by atoms with van der Waals surface area (Å²) in [7, 11) is 0. The highest BCUT2D eigenvalue weighted by molar-refractivity contribution is 9.10. The van der Waals surface area contributed by atoms with E-state index in [1.165, 1.54) is 0 Å². The Kier molecular flexibility index (Phi) is 5.51. The van der Waals surface area contributed by atoms with Gasteiger partial charge < -0.3 is 16.8 Å². The van der Waals surface area contributed by atoms with Crippen LogP contribution in [-0.2, 0) is 6.42 Å². The Morgan fingerprint density at radius 1 is 1.06 bits per heavy atom. The number of aromatic nitrogens is 4. The Hall–Kier alpha value is -3.97. The van der Waals surface area contributed by atoms with E-state index < -0.39 is 0 Å². The van der Waals surface area contributed by atoms with Crippen molar-refractivity contribution in [2.45, 2.75) is 6.42 Å². The molecular formula is C21H17BrN8O. The highest BCUT2D eigenvalue weighted by Gasteiger charge is 2.16. The largest absolute Gasteiger partial charge is 0.382 e. The lowest BCUT2D eigenvalue weighted by Gasteiger charge is -2.15. The number of nitriles is 1. The minimum absolute atomic E-state index is 0.00683. The molecule has 31 heavy (non-hydrogen) atoms. The molecule has 0 amide bonds. The summed E-state index contributed by atoms with van der Waals surface area (Å²) in [6.07, 6.45) is 0.376. The summed E-state index contributed by atoms with van der Waals surface area (Å²) in [5.41, 5.74) is 12.6. The van der Waals surface area contributed by atoms with Gasteiger partial charge in [0.15, 0.2) is 5.82 Å². The lowest BCUT2D eigenvalue weighted by Crippen LogP contribution is -2.25. The Morgan fingerprint density at radius 2 is 1.84 bits per heavy atom. The van der Waals surface area contributed by atoms with Gasteiger partial charge in [0, 0.05) is 17.4 Å². The zero-order chi connectivity index (χ0) is 22.0. The number of nitrogens with two attached hydrogens (primary N) is 2. The van der Waals surface area contributed by atoms with Crippen LogP contribution in [0.5, 0.6) is 0 Å². The van der Waals surface area contributed by atoms with E-state index in [1.807, 2.05) is 48.5 Å². The minimum Gasteiger partial charge on any atom is -0.382 e. The van der Waals surface area contributed by atoms with E-state index in [4.69, 9.17) is 16.5 Å². The van der Waals surface area contributed by atoms with Crippen LogP contribution in [-0.4, -0.2) is 26.1 Å². The van der Waals surface area contributed by atoms with Crippen molar-refractivity contribution in [2.75, 3.05) is 23.3 Å². The molecule has 0 aliphatic rings. The first-order valence-corrected chi connectivity index (χ1v) is 10.1. The van der Waals surface area contributed by atoms with Crippen LogP contribution in [0.1, 0.15) is 11.4 Å². The Morgan fingerprint density at radius 3 is 2.58 bits per heavy atom. The molecule has 5 N–H and O–H groups in total. The second-order valence-electron chi connectivity index (χ2n) is 6.62. The first-order chi connectivity index (χ1) is 15.0. The molecule has 0 unspecified atom stereocenters. The van der Waals surface area contributed by atoms with Crippen molar-refractivity contribution in [2.24, 2.45) is 0 Å². The molecule has 0 bridgehead atoms. The molecule has 0 spiro atoms. The molecule has 0 radical (unpaired) electrons. The van der Waals surface area contributed by atoms with Gasteiger partial charge in [-0.25, -0.2) is 4.98 Å². The Bertz CT molecular complexity index is 1380. The molecule has 0 saturated carbocycles. The number of nitrogen functional groups attached to an aromatic ring is 2. The van der Waals surface area contributed by atoms with Crippen molar-refractivity contribution in [3.05, 3.63) is 74.7 Å². The second-order valence-corrected chi connectivity index (χ2v) is 7.47. The number of nitrogens with one attached hydrogen (secondary N) is 1. The molecule has 0 aliphatic heterocycles. The normalized spacial score (nSPS) is 10.7. The van der Waals surface area contributed by atoms with E-state index >= 15 is 0 Å². The van der Waals surface area contributed by atoms with Gasteiger partial charge >= 0.3 is 0 Å². The van der Waals surface area contributed by atoms with Crippen LogP contribution in [0.2, 0.25) is 0 Å². The van der Waals surface area contributed by atoms with Crippen LogP contribution in [0, 0.1) is 11.3 Å². The van der Waals surface area contributed by atoms with Crippen molar-refractivity contribution in [1.29, 1.82) is 5.26 Å². The summed E-state index contributed by atoms with van der Waals surface area (Å²) in [4.78, 5) is 25.9. The number of hydrogen-bond donors (Lipinski definition) is 3. The van der Waals surface area contributed by atoms with Gasteiger partial charge in [0.1, 0.15) is 23.3 Å². The Balaban J connectivity index is 1.75. The molecule has 2 aromatic heterocycles. The minimum atomic E-state index is -0.174. The van der Waals surface area contributed by atoms with Crippen molar-refractivity contribution >= 4 is 44.4 Å². The third kappa shape index (κ3) is 3.91. The SMILES string of the molecule is N#Cc1c(N)nc(N)nc1NCCc1nc2cccc(Br)c2c(=O)n1-c1ccccc1. The van der Waals surface area contributed by atoms with Crippen molar-refractivity contribution in [3.63, 3.8) is 0 Å². The highest BCUT2D eigenvalue weighted by atomic mass is 79.9. The number of halogens is 1. The number of benzene rings is 2. The molecule has 0 atom stereocenters. The van der Waals surface area contributed by atoms with E-state index in [1.54, 1.807) is 10.6 Å². The van der Waals surface area contributed by atoms with Crippen molar-refractivity contribution in [1.82, 2.24) is 19.5 Å². The zero-order valence-electron chi connectivity index (χ0n) is 16.2. The van der Waals surface area contributed by atoms with Gasteiger partial charge in [0.2, 0.25) is 5.95 Å². The average Bonchev–Trinajstić information content (AvgIpc) is 2.74. The molecule has 0 aliphatic carbocycles. The maximum atomic E-state index is 13.4. The smallest absolute Gasteiger partial charge is 0.267 e. The maximum Gasteiger partial charge on any atom is 0.267 e. The predicted octanol–water partition coefficient (Wildman–Crippen LogP) is 2.63. The summed E-state index contributed by atoms with van der Waals surface area (Å²) in [5, 5.41) is 12.9. The maximum absolute atomic E-state index is 13.4. The molecule has 154 valence electrons. The molecule has 2 heterocycles. The fourth-order valence-corrected chi connectivity index (χ4v) is 3.80. The predicted molar refractivity (Wildman–Crippen MR) is 123 cm³/mol. The standard InChI is InChI=1S/C21H17BrN8O/c22-14-7-4-8-15-17(14)20(31)30(12-5-2-1-3-6-12)16(27-15)9-10-26-19-13(11-23)18(24)28-21(25)29-19/h1-8H,9-10H2,(H5,24,25,26,28,29). The summed E-state index contributed by atoms with van der Waals surface area (Å²) in [6, 6.07) is 16.7. The number of nitrogens with zero attached hydrogens (tertiary/aromatic N) is 5. The fourth-order valence-electron chi connectivity index (χ4n) is 3.27. The van der Waals surface area contributed by atoms with E-state index in [9.17, 15) is 10.1 Å². The van der Waals surface area contributed by atoms with Gasteiger partial charge in [-0.15, -0.1) is 0 Å². The van der Waals surface area contributed by atoms with Gasteiger partial charge in [0.25, 0.3) is 5.56 Å². The zero-order valence-corrected chi connectivity index (χ0v) is 17.8. The van der Waals surface area contributed by atoms with Crippen LogP contribution < -0.4 is 22.3 Å². The molecule has 2 aromatic carbocycles. The molecule has 0 fully saturated rings. The monoisotopic (exact) mass is 476 g/mol. The summed E-state index contributed by atoms with van der Waals surface area (Å²) >= 11 is 3.46. The number of fused-ring (bicyclic) bond motifs is 1. The summed E-state index contributed by atoms with van der Waals surface area (Å²) in [5.74, 6) is 0.772. The first kappa shape index (κ1) is 20.3. The lowest BCUT2D eigenvalue weighted by molar-refractivity contribution is 0.809. The number of anilines is 3. The Labute approximate surface area is 185 Å². The van der Waals surface area contributed by atoms with Crippen LogP contribution in [0.15, 0.2) is 57.8 Å². The third-order valence-electron chi connectivity index (χ3n) is 4.64. The number of rotatable bonds is 5. The molecular weight excluding hydrogens is 460 g/mol. The quantitative estimate of drug-likeness (QED) is 0.397. The number of hydrogen-bond acceptors (Lipinski definition) is 8. The van der Waals surface area contributed by atoms with Gasteiger partial charge in [0.05, 0.1) is 16.6 Å². The average molecular weight is 477 g/mol. The first-order valence-electron chi connectivity index (χ1n) is 9.32. The van der Waals surface area contributed by atoms with Gasteiger partial charge in [-0.2, -0.15) is 15.2 Å². The van der Waals surface area contributed by atoms with Crippen LogP contribution in [0.25, 0.3) is 16.6 Å². The highest BCUT2D eigenvalue weighted by Crippen LogP contribution is 2.22. The van der Waals surface area contributed by atoms with Crippen LogP contribution in [0.3, 0.4) is 0 Å². The second kappa shape index (κ2) is 8.41. The van der Waals surface area contributed by atoms with E-state index in [0.717, 1.165) is 0 Å². The summed E-state index contributed by atoms with van der Waals surface area (Å²) in [6.45, 7) is 0.337. The topological polar surface area (TPSA) is 149 Å². The van der Waals surface area contributed by atoms with E-state index in [2.05, 4.69) is 31.2 Å². The van der Waals surface area contributed by atoms with Gasteiger partial charge in [-0.3, -0.25) is 9.36 Å². The van der Waals surface area contributed by atoms with Crippen LogP contribution in [0.4, 0.5) is 17.6 Å². The van der Waals surface area contributed by atoms with Crippen molar-refractivity contribution < 1.29 is 0 Å². The third-order valence-corrected chi connectivity index (χ3v) is 5.30. The van der Waals surface area contributed by atoms with Gasteiger partial charge in [-0.1, -0.05) is 24.3 Å². The molecule has 4 rings (SSSR count). The van der Waals surface area contributed by atoms with Crippen LogP contribution >= 0.6 is 15.9 Å². The molecule has 4 aromatic rings. The number of para-hydroxylation sites is 1. The van der Waals surface area contributed by atoms with E-state index in [-0.39, 0.29) is 28.7 Å². The van der Waals surface area contributed by atoms with Gasteiger partial charge in [-0.05, 0) is 40.2 Å². The summed E-state index contributed by atoms with van der Waals surface area (Å²) < 4.78 is 2.27. The lowest BCUT2D eigenvalue weighted by atomic mass is 10.2. The fraction of sp³-hybridized carbons (Fsp3) is 0.0952. The van der Waals surface area contributed by atoms with Crippen molar-refractivity contribution in [3.8, 4) is 11.8 Å². The molecule has 0 saturated heterocycles.